The van der Waals surface area contributed by atoms with E-state index in [-0.39, 0.29) is 0 Å². The van der Waals surface area contributed by atoms with E-state index in [4.69, 9.17) is 0 Å². The predicted molar refractivity (Wildman–Crippen MR) is 96.0 cm³/mol. The van der Waals surface area contributed by atoms with Crippen LogP contribution in [0.1, 0.15) is 5.82 Å². The molecule has 0 unspecified atom stereocenters. The minimum Gasteiger partial charge on any atom is -0.351 e. The molecule has 4 heterocycles. The van der Waals surface area contributed by atoms with Gasteiger partial charge in [0.1, 0.15) is 5.82 Å². The van der Waals surface area contributed by atoms with Crippen LogP contribution in [0.25, 0.3) is 16.7 Å². The molecule has 25 heavy (non-hydrogen) atoms. The van der Waals surface area contributed by atoms with Gasteiger partial charge in [-0.1, -0.05) is 12.1 Å². The van der Waals surface area contributed by atoms with E-state index >= 15 is 0 Å². The Morgan fingerprint density at radius 2 is 1.96 bits per heavy atom. The smallest absolute Gasteiger partial charge is 0.203 e. The Labute approximate surface area is 144 Å². The summed E-state index contributed by atoms with van der Waals surface area (Å²) in [5.41, 5.74) is 2.84. The van der Waals surface area contributed by atoms with Crippen LogP contribution in [-0.2, 0) is 0 Å². The lowest BCUT2D eigenvalue weighted by molar-refractivity contribution is 0.485. The summed E-state index contributed by atoms with van der Waals surface area (Å²) >= 11 is 0. The summed E-state index contributed by atoms with van der Waals surface area (Å²) in [4.78, 5) is 12.5. The van der Waals surface area contributed by atoms with Crippen LogP contribution >= 0.6 is 0 Å². The Bertz CT molecular complexity index is 1030. The number of imidazole rings is 1. The third-order valence-corrected chi connectivity index (χ3v) is 4.85. The molecule has 0 radical (unpaired) electrons. The average Bonchev–Trinajstić information content (AvgIpc) is 3.17. The topological polar surface area (TPSA) is 78.2 Å². The number of aromatic amines is 1. The molecule has 0 atom stereocenters. The molecule has 8 heteroatoms. The van der Waals surface area contributed by atoms with E-state index in [1.807, 2.05) is 43.3 Å². The lowest BCUT2D eigenvalue weighted by atomic mass is 10.1. The van der Waals surface area contributed by atoms with E-state index < -0.39 is 0 Å². The van der Waals surface area contributed by atoms with Crippen molar-refractivity contribution in [2.75, 3.05) is 29.9 Å². The first-order valence-electron chi connectivity index (χ1n) is 8.30. The highest BCUT2D eigenvalue weighted by molar-refractivity contribution is 5.77. The van der Waals surface area contributed by atoms with Crippen molar-refractivity contribution in [3.05, 3.63) is 42.2 Å². The number of benzene rings is 1. The average molecular weight is 334 g/mol. The maximum absolute atomic E-state index is 4.67. The number of likely N-dealkylation sites (N-methyl/N-ethyl adjacent to an activating group) is 1. The van der Waals surface area contributed by atoms with Crippen molar-refractivity contribution in [1.82, 2.24) is 29.8 Å². The van der Waals surface area contributed by atoms with Crippen LogP contribution in [-0.4, -0.2) is 56.0 Å². The number of aryl methyl sites for hydroxylation is 1. The first-order valence-corrected chi connectivity index (χ1v) is 8.30. The van der Waals surface area contributed by atoms with Crippen LogP contribution in [0.5, 0.6) is 0 Å². The number of nitrogens with zero attached hydrogens (tertiary/aromatic N) is 7. The maximum atomic E-state index is 4.67. The zero-order chi connectivity index (χ0) is 17.0. The zero-order valence-corrected chi connectivity index (χ0v) is 14.1. The Balaban J connectivity index is 1.33. The fourth-order valence-electron chi connectivity index (χ4n) is 3.22. The second kappa shape index (κ2) is 5.17. The van der Waals surface area contributed by atoms with E-state index in [0.29, 0.717) is 6.04 Å². The molecule has 0 saturated carbocycles. The number of aromatic nitrogens is 6. The molecule has 1 saturated heterocycles. The molecule has 0 amide bonds. The molecular weight excluding hydrogens is 316 g/mol. The number of para-hydroxylation sites is 2. The lowest BCUT2D eigenvalue weighted by Crippen LogP contribution is -2.59. The van der Waals surface area contributed by atoms with Gasteiger partial charge in [0.05, 0.1) is 17.1 Å². The van der Waals surface area contributed by atoms with Crippen LogP contribution in [0, 0.1) is 6.92 Å². The van der Waals surface area contributed by atoms with Crippen LogP contribution in [0.2, 0.25) is 0 Å². The molecule has 1 fully saturated rings. The highest BCUT2D eigenvalue weighted by Crippen LogP contribution is 2.25. The third-order valence-electron chi connectivity index (χ3n) is 4.85. The van der Waals surface area contributed by atoms with E-state index in [9.17, 15) is 0 Å². The fourth-order valence-corrected chi connectivity index (χ4v) is 3.22. The minimum atomic E-state index is 0.403. The van der Waals surface area contributed by atoms with Gasteiger partial charge in [-0.15, -0.1) is 15.3 Å². The van der Waals surface area contributed by atoms with Crippen molar-refractivity contribution in [3.8, 4) is 0 Å². The quantitative estimate of drug-likeness (QED) is 0.614. The van der Waals surface area contributed by atoms with Gasteiger partial charge in [-0.05, 0) is 31.2 Å². The summed E-state index contributed by atoms with van der Waals surface area (Å²) < 4.78 is 1.78. The number of rotatable bonds is 3. The van der Waals surface area contributed by atoms with Crippen LogP contribution in [0.4, 0.5) is 11.8 Å². The summed E-state index contributed by atoms with van der Waals surface area (Å²) in [6.45, 7) is 3.73. The van der Waals surface area contributed by atoms with Gasteiger partial charge < -0.3 is 14.8 Å². The zero-order valence-electron chi connectivity index (χ0n) is 14.1. The van der Waals surface area contributed by atoms with Crippen molar-refractivity contribution < 1.29 is 0 Å². The van der Waals surface area contributed by atoms with Gasteiger partial charge in [-0.25, -0.2) is 4.98 Å². The third kappa shape index (κ3) is 2.21. The summed E-state index contributed by atoms with van der Waals surface area (Å²) in [6, 6.07) is 12.5. The van der Waals surface area contributed by atoms with Gasteiger partial charge in [-0.3, -0.25) is 0 Å². The maximum Gasteiger partial charge on any atom is 0.203 e. The van der Waals surface area contributed by atoms with Crippen molar-refractivity contribution in [2.45, 2.75) is 13.0 Å². The summed E-state index contributed by atoms with van der Waals surface area (Å²) in [6.07, 6.45) is 0. The summed E-state index contributed by atoms with van der Waals surface area (Å²) in [7, 11) is 2.08. The number of H-pyrrole nitrogens is 1. The van der Waals surface area contributed by atoms with E-state index in [2.05, 4.69) is 42.1 Å². The number of hydrogen-bond donors (Lipinski definition) is 1. The van der Waals surface area contributed by atoms with Gasteiger partial charge in [0, 0.05) is 20.1 Å². The van der Waals surface area contributed by atoms with Crippen molar-refractivity contribution >= 4 is 28.4 Å². The first kappa shape index (κ1) is 14.2. The van der Waals surface area contributed by atoms with Gasteiger partial charge in [0.15, 0.2) is 11.5 Å². The van der Waals surface area contributed by atoms with Crippen LogP contribution in [0.3, 0.4) is 0 Å². The standard InChI is InChI=1S/C17H18N8/c1-11-20-21-15-7-8-16(22-25(11)15)24-9-12(10-24)23(2)17-18-13-5-3-4-6-14(13)19-17/h3-8,12H,9-10H2,1-2H3,(H,18,19). The molecule has 1 aromatic carbocycles. The Morgan fingerprint density at radius 3 is 2.80 bits per heavy atom. The number of hydrogen-bond acceptors (Lipinski definition) is 6. The molecule has 126 valence electrons. The number of nitrogens with one attached hydrogen (secondary N) is 1. The van der Waals surface area contributed by atoms with Gasteiger partial charge in [0.2, 0.25) is 5.95 Å². The van der Waals surface area contributed by atoms with Crippen LogP contribution in [0.15, 0.2) is 36.4 Å². The Morgan fingerprint density at radius 1 is 1.12 bits per heavy atom. The van der Waals surface area contributed by atoms with Gasteiger partial charge >= 0.3 is 0 Å². The summed E-state index contributed by atoms with van der Waals surface area (Å²) in [5, 5.41) is 12.8. The molecule has 5 rings (SSSR count). The van der Waals surface area contributed by atoms with Gasteiger partial charge in [0.25, 0.3) is 0 Å². The number of anilines is 2. The monoisotopic (exact) mass is 334 g/mol. The fraction of sp³-hybridized carbons (Fsp3) is 0.294. The predicted octanol–water partition coefficient (Wildman–Crippen LogP) is 1.63. The Hall–Kier alpha value is -3.16. The molecule has 4 aromatic rings. The Kier molecular flexibility index (Phi) is 2.94. The summed E-state index contributed by atoms with van der Waals surface area (Å²) in [5.74, 6) is 2.65. The second-order valence-corrected chi connectivity index (χ2v) is 6.46. The minimum absolute atomic E-state index is 0.403. The highest BCUT2D eigenvalue weighted by Gasteiger charge is 2.32. The SMILES string of the molecule is Cc1nnc2ccc(N3CC(N(C)c4nc5ccccc5[nH]4)C3)nn12. The molecule has 0 aliphatic carbocycles. The van der Waals surface area contributed by atoms with E-state index in [1.54, 1.807) is 4.52 Å². The van der Waals surface area contributed by atoms with Crippen molar-refractivity contribution in [2.24, 2.45) is 0 Å². The van der Waals surface area contributed by atoms with Gasteiger partial charge in [-0.2, -0.15) is 4.52 Å². The van der Waals surface area contributed by atoms with Crippen molar-refractivity contribution in [3.63, 3.8) is 0 Å². The number of fused-ring (bicyclic) bond motifs is 2. The molecule has 1 N–H and O–H groups in total. The molecule has 3 aromatic heterocycles. The molecule has 8 nitrogen and oxygen atoms in total. The molecular formula is C17H18N8. The van der Waals surface area contributed by atoms with Crippen LogP contribution < -0.4 is 9.80 Å². The largest absolute Gasteiger partial charge is 0.351 e. The lowest BCUT2D eigenvalue weighted by Gasteiger charge is -2.44. The van der Waals surface area contributed by atoms with E-state index in [0.717, 1.165) is 47.4 Å². The van der Waals surface area contributed by atoms with Crippen molar-refractivity contribution in [1.29, 1.82) is 0 Å². The molecule has 0 spiro atoms. The first-order chi connectivity index (χ1) is 12.2. The molecule has 1 aliphatic heterocycles. The highest BCUT2D eigenvalue weighted by atomic mass is 15.4. The second-order valence-electron chi connectivity index (χ2n) is 6.46. The molecule has 1 aliphatic rings. The van der Waals surface area contributed by atoms with E-state index in [1.165, 1.54) is 0 Å². The molecule has 0 bridgehead atoms. The normalized spacial score (nSPS) is 15.0.